The van der Waals surface area contributed by atoms with Crippen LogP contribution in [0.3, 0.4) is 0 Å². The van der Waals surface area contributed by atoms with Crippen molar-refractivity contribution < 1.29 is 4.52 Å². The van der Waals surface area contributed by atoms with Crippen LogP contribution in [0.4, 0.5) is 6.01 Å². The zero-order chi connectivity index (χ0) is 17.3. The van der Waals surface area contributed by atoms with Gasteiger partial charge in [0.15, 0.2) is 5.82 Å². The molecular formula is C19H17N6O+. The first-order valence-corrected chi connectivity index (χ1v) is 8.86. The van der Waals surface area contributed by atoms with Crippen LogP contribution in [-0.4, -0.2) is 25.5 Å². The molecule has 3 aliphatic rings. The number of aryl methyl sites for hydroxylation is 1. The molecule has 1 atom stereocenters. The number of fused-ring (bicyclic) bond motifs is 5. The summed E-state index contributed by atoms with van der Waals surface area (Å²) in [5, 5.41) is 4.24. The molecule has 26 heavy (non-hydrogen) atoms. The molecule has 1 fully saturated rings. The van der Waals surface area contributed by atoms with Crippen molar-refractivity contribution in [2.45, 2.75) is 32.2 Å². The highest BCUT2D eigenvalue weighted by Crippen LogP contribution is 2.42. The number of aliphatic imine (C=N–C) groups is 1. The summed E-state index contributed by atoms with van der Waals surface area (Å²) in [6.45, 7) is 2.75. The molecule has 0 spiro atoms. The third-order valence-electron chi connectivity index (χ3n) is 5.46. The number of rotatable bonds is 2. The lowest BCUT2D eigenvalue weighted by atomic mass is 10.1. The molecule has 0 saturated heterocycles. The standard InChI is InChI=1S/C19H17N6O/c1-12-3-2-4-15-16(12)24-11-20-9-14(24)10-25(8-7-21-18(15)25)19-22-17(23-26-19)13-5-6-13/h2-4,7-9,11,13H,5-6,10H2,1H3/q+1. The lowest BCUT2D eigenvalue weighted by Crippen LogP contribution is -2.47. The van der Waals surface area contributed by atoms with Gasteiger partial charge in [-0.2, -0.15) is 9.48 Å². The van der Waals surface area contributed by atoms with Crippen LogP contribution in [0, 0.1) is 6.92 Å². The molecule has 6 rings (SSSR count). The summed E-state index contributed by atoms with van der Waals surface area (Å²) in [4.78, 5) is 13.9. The maximum atomic E-state index is 5.75. The SMILES string of the molecule is Cc1cccc2c1-n1cncc1C[N+]1(c3nc(C4CC4)no3)C=CN=C21. The van der Waals surface area contributed by atoms with Crippen molar-refractivity contribution in [2.24, 2.45) is 4.99 Å². The number of hydrogen-bond acceptors (Lipinski definition) is 5. The Bertz CT molecular complexity index is 1100. The minimum atomic E-state index is 0.307. The Labute approximate surface area is 149 Å². The Morgan fingerprint density at radius 2 is 2.19 bits per heavy atom. The average molecular weight is 345 g/mol. The Balaban J connectivity index is 1.63. The van der Waals surface area contributed by atoms with Crippen LogP contribution >= 0.6 is 0 Å². The smallest absolute Gasteiger partial charge is 0.297 e. The molecule has 0 radical (unpaired) electrons. The minimum absolute atomic E-state index is 0.307. The summed E-state index contributed by atoms with van der Waals surface area (Å²) in [7, 11) is 0. The van der Waals surface area contributed by atoms with E-state index in [0.29, 0.717) is 23.0 Å². The first-order chi connectivity index (χ1) is 12.8. The van der Waals surface area contributed by atoms with Gasteiger partial charge in [0.05, 0.1) is 35.7 Å². The normalized spacial score (nSPS) is 23.2. The second-order valence-corrected chi connectivity index (χ2v) is 7.21. The first kappa shape index (κ1) is 14.1. The van der Waals surface area contributed by atoms with Gasteiger partial charge in [0, 0.05) is 5.92 Å². The molecule has 7 heteroatoms. The highest BCUT2D eigenvalue weighted by atomic mass is 16.5. The maximum Gasteiger partial charge on any atom is 0.439 e. The summed E-state index contributed by atoms with van der Waals surface area (Å²) < 4.78 is 8.21. The number of para-hydroxylation sites is 1. The Morgan fingerprint density at radius 1 is 1.27 bits per heavy atom. The van der Waals surface area contributed by atoms with Crippen molar-refractivity contribution in [1.29, 1.82) is 0 Å². The van der Waals surface area contributed by atoms with Crippen LogP contribution in [0.25, 0.3) is 5.69 Å². The molecule has 7 nitrogen and oxygen atoms in total. The van der Waals surface area contributed by atoms with Crippen molar-refractivity contribution in [3.63, 3.8) is 0 Å². The fourth-order valence-electron chi connectivity index (χ4n) is 3.98. The fraction of sp³-hybridized carbons (Fsp3) is 0.263. The Kier molecular flexibility index (Phi) is 2.59. The molecule has 4 heterocycles. The third kappa shape index (κ3) is 1.75. The van der Waals surface area contributed by atoms with Crippen molar-refractivity contribution in [3.05, 3.63) is 65.8 Å². The van der Waals surface area contributed by atoms with E-state index in [0.717, 1.165) is 41.4 Å². The zero-order valence-electron chi connectivity index (χ0n) is 14.3. The van der Waals surface area contributed by atoms with E-state index in [-0.39, 0.29) is 0 Å². The van der Waals surface area contributed by atoms with E-state index in [2.05, 4.69) is 39.8 Å². The van der Waals surface area contributed by atoms with Gasteiger partial charge < -0.3 is 0 Å². The van der Waals surface area contributed by atoms with Gasteiger partial charge in [-0.15, -0.1) is 4.98 Å². The van der Waals surface area contributed by atoms with E-state index in [1.54, 1.807) is 0 Å². The van der Waals surface area contributed by atoms with E-state index in [9.17, 15) is 0 Å². The zero-order valence-corrected chi connectivity index (χ0v) is 14.3. The van der Waals surface area contributed by atoms with Crippen molar-refractivity contribution in [3.8, 4) is 5.69 Å². The number of amidine groups is 1. The van der Waals surface area contributed by atoms with E-state index < -0.39 is 0 Å². The van der Waals surface area contributed by atoms with Crippen molar-refractivity contribution >= 4 is 11.9 Å². The molecule has 2 aliphatic heterocycles. The molecule has 0 bridgehead atoms. The third-order valence-corrected chi connectivity index (χ3v) is 5.46. The summed E-state index contributed by atoms with van der Waals surface area (Å²) >= 11 is 0. The van der Waals surface area contributed by atoms with Crippen LogP contribution in [0.15, 0.2) is 52.6 Å². The highest BCUT2D eigenvalue weighted by molar-refractivity contribution is 6.10. The molecule has 1 aromatic carbocycles. The highest BCUT2D eigenvalue weighted by Gasteiger charge is 2.49. The van der Waals surface area contributed by atoms with Crippen molar-refractivity contribution in [2.75, 3.05) is 0 Å². The molecule has 1 aliphatic carbocycles. The first-order valence-electron chi connectivity index (χ1n) is 8.86. The number of imidazole rings is 1. The van der Waals surface area contributed by atoms with E-state index in [1.807, 2.05) is 24.9 Å². The largest absolute Gasteiger partial charge is 0.439 e. The van der Waals surface area contributed by atoms with Crippen LogP contribution < -0.4 is 4.48 Å². The molecule has 3 aromatic rings. The number of hydrogen-bond donors (Lipinski definition) is 0. The number of quaternary nitrogens is 1. The second-order valence-electron chi connectivity index (χ2n) is 7.21. The molecule has 0 amide bonds. The molecule has 2 aromatic heterocycles. The van der Waals surface area contributed by atoms with Gasteiger partial charge in [-0.1, -0.05) is 17.3 Å². The second kappa shape index (κ2) is 4.76. The quantitative estimate of drug-likeness (QED) is 0.669. The molecule has 128 valence electrons. The van der Waals surface area contributed by atoms with Gasteiger partial charge in [-0.3, -0.25) is 9.09 Å². The van der Waals surface area contributed by atoms with E-state index in [1.165, 1.54) is 5.56 Å². The van der Waals surface area contributed by atoms with Crippen LogP contribution in [0.5, 0.6) is 0 Å². The lowest BCUT2D eigenvalue weighted by Gasteiger charge is -2.25. The van der Waals surface area contributed by atoms with Crippen LogP contribution in [-0.2, 0) is 6.54 Å². The summed E-state index contributed by atoms with van der Waals surface area (Å²) in [5.41, 5.74) is 4.45. The van der Waals surface area contributed by atoms with Gasteiger partial charge in [-0.25, -0.2) is 4.98 Å². The molecule has 0 N–H and O–H groups in total. The van der Waals surface area contributed by atoms with Gasteiger partial charge in [0.2, 0.25) is 0 Å². The monoisotopic (exact) mass is 345 g/mol. The predicted molar refractivity (Wildman–Crippen MR) is 95.7 cm³/mol. The van der Waals surface area contributed by atoms with Gasteiger partial charge in [0.25, 0.3) is 5.84 Å². The Morgan fingerprint density at radius 3 is 3.08 bits per heavy atom. The summed E-state index contributed by atoms with van der Waals surface area (Å²) in [5.74, 6) is 2.18. The molecule has 1 saturated carbocycles. The van der Waals surface area contributed by atoms with Crippen LogP contribution in [0.1, 0.15) is 41.4 Å². The number of benzene rings is 1. The average Bonchev–Trinajstić information content (AvgIpc) is 3.07. The number of aromatic nitrogens is 4. The fourth-order valence-corrected chi connectivity index (χ4v) is 3.98. The van der Waals surface area contributed by atoms with Gasteiger partial charge in [-0.05, 0) is 31.4 Å². The van der Waals surface area contributed by atoms with E-state index in [4.69, 9.17) is 14.5 Å². The maximum absolute atomic E-state index is 5.75. The summed E-state index contributed by atoms with van der Waals surface area (Å²) in [6, 6.07) is 6.86. The van der Waals surface area contributed by atoms with Gasteiger partial charge in [0.1, 0.15) is 12.7 Å². The predicted octanol–water partition coefficient (Wildman–Crippen LogP) is 3.19. The summed E-state index contributed by atoms with van der Waals surface area (Å²) in [6.07, 6.45) is 9.94. The lowest BCUT2D eigenvalue weighted by molar-refractivity contribution is 0.340. The Hall–Kier alpha value is -3.06. The number of nitrogens with zero attached hydrogens (tertiary/aromatic N) is 6. The van der Waals surface area contributed by atoms with Gasteiger partial charge >= 0.3 is 6.01 Å². The van der Waals surface area contributed by atoms with Crippen molar-refractivity contribution in [1.82, 2.24) is 24.2 Å². The minimum Gasteiger partial charge on any atom is -0.297 e. The van der Waals surface area contributed by atoms with E-state index >= 15 is 0 Å². The topological polar surface area (TPSA) is 69.1 Å². The molecular weight excluding hydrogens is 328 g/mol. The van der Waals surface area contributed by atoms with Crippen LogP contribution in [0.2, 0.25) is 0 Å². The molecule has 1 unspecified atom stereocenters.